The molecule has 0 aliphatic carbocycles. The summed E-state index contributed by atoms with van der Waals surface area (Å²) in [4.78, 5) is 10.9. The molecule has 0 atom stereocenters. The minimum Gasteiger partial charge on any atom is -0.476 e. The van der Waals surface area contributed by atoms with Crippen LogP contribution in [0, 0.1) is 0 Å². The molecule has 1 aromatic rings. The number of rotatable bonds is 7. The van der Waals surface area contributed by atoms with Crippen molar-refractivity contribution in [3.8, 4) is 0 Å². The Morgan fingerprint density at radius 2 is 2.19 bits per heavy atom. The first-order valence-electron chi connectivity index (χ1n) is 5.47. The molecule has 0 spiro atoms. The fraction of sp³-hybridized carbons (Fsp3) is 0.700. The number of aromatic carboxylic acids is 1. The summed E-state index contributed by atoms with van der Waals surface area (Å²) in [6, 6.07) is 0. The molecule has 1 aromatic heterocycles. The molecule has 6 nitrogen and oxygen atoms in total. The highest BCUT2D eigenvalue weighted by molar-refractivity contribution is 5.86. The van der Waals surface area contributed by atoms with Gasteiger partial charge in [-0.2, -0.15) is 0 Å². The van der Waals surface area contributed by atoms with E-state index in [9.17, 15) is 4.79 Å². The molecule has 0 amide bonds. The van der Waals surface area contributed by atoms with Gasteiger partial charge < -0.3 is 10.2 Å². The predicted molar refractivity (Wildman–Crippen MR) is 57.3 cm³/mol. The van der Waals surface area contributed by atoms with Gasteiger partial charge in [0.1, 0.15) is 0 Å². The summed E-state index contributed by atoms with van der Waals surface area (Å²) in [5, 5.41) is 25.1. The van der Waals surface area contributed by atoms with Crippen LogP contribution in [0.15, 0.2) is 0 Å². The molecule has 1 heterocycles. The SMILES string of the molecule is CCCc1c(C(=O)O)nnn1CCCCO. The number of hydrogen-bond donors (Lipinski definition) is 2. The van der Waals surface area contributed by atoms with Crippen LogP contribution in [-0.4, -0.2) is 37.8 Å². The number of carboxylic acids is 1. The van der Waals surface area contributed by atoms with E-state index in [1.54, 1.807) is 4.68 Å². The number of carbonyl (C=O) groups is 1. The number of carboxylic acid groups (broad SMARTS) is 1. The second-order valence-electron chi connectivity index (χ2n) is 3.59. The molecule has 0 radical (unpaired) electrons. The Hall–Kier alpha value is -1.43. The highest BCUT2D eigenvalue weighted by Gasteiger charge is 2.17. The number of nitrogens with zero attached hydrogens (tertiary/aromatic N) is 3. The van der Waals surface area contributed by atoms with Crippen molar-refractivity contribution in [2.75, 3.05) is 6.61 Å². The van der Waals surface area contributed by atoms with Crippen molar-refractivity contribution in [1.82, 2.24) is 15.0 Å². The van der Waals surface area contributed by atoms with E-state index < -0.39 is 5.97 Å². The van der Waals surface area contributed by atoms with Gasteiger partial charge in [0.25, 0.3) is 0 Å². The van der Waals surface area contributed by atoms with E-state index in [4.69, 9.17) is 10.2 Å². The van der Waals surface area contributed by atoms with E-state index in [-0.39, 0.29) is 12.3 Å². The maximum absolute atomic E-state index is 10.9. The number of hydrogen-bond acceptors (Lipinski definition) is 4. The molecule has 0 aliphatic heterocycles. The fourth-order valence-corrected chi connectivity index (χ4v) is 1.54. The summed E-state index contributed by atoms with van der Waals surface area (Å²) in [7, 11) is 0. The summed E-state index contributed by atoms with van der Waals surface area (Å²) in [5.74, 6) is -1.03. The summed E-state index contributed by atoms with van der Waals surface area (Å²) >= 11 is 0. The number of aliphatic hydroxyl groups excluding tert-OH is 1. The van der Waals surface area contributed by atoms with Gasteiger partial charge in [0.2, 0.25) is 0 Å². The quantitative estimate of drug-likeness (QED) is 0.669. The highest BCUT2D eigenvalue weighted by atomic mass is 16.4. The largest absolute Gasteiger partial charge is 0.476 e. The molecule has 2 N–H and O–H groups in total. The van der Waals surface area contributed by atoms with Crippen molar-refractivity contribution >= 4 is 5.97 Å². The summed E-state index contributed by atoms with van der Waals surface area (Å²) in [5.41, 5.74) is 0.721. The Bertz CT molecular complexity index is 349. The van der Waals surface area contributed by atoms with Crippen molar-refractivity contribution in [2.45, 2.75) is 39.2 Å². The molecule has 0 bridgehead atoms. The third kappa shape index (κ3) is 3.03. The Balaban J connectivity index is 2.78. The number of aryl methyl sites for hydroxylation is 1. The van der Waals surface area contributed by atoms with Crippen LogP contribution in [0.5, 0.6) is 0 Å². The van der Waals surface area contributed by atoms with Gasteiger partial charge in [-0.25, -0.2) is 9.48 Å². The lowest BCUT2D eigenvalue weighted by molar-refractivity contribution is 0.0689. The van der Waals surface area contributed by atoms with Gasteiger partial charge in [-0.1, -0.05) is 18.6 Å². The first-order chi connectivity index (χ1) is 7.70. The number of aliphatic hydroxyl groups is 1. The van der Waals surface area contributed by atoms with E-state index in [0.29, 0.717) is 25.1 Å². The lowest BCUT2D eigenvalue weighted by Gasteiger charge is -2.04. The summed E-state index contributed by atoms with van der Waals surface area (Å²) in [6.07, 6.45) is 2.98. The van der Waals surface area contributed by atoms with Crippen LogP contribution in [0.4, 0.5) is 0 Å². The third-order valence-corrected chi connectivity index (χ3v) is 2.31. The molecule has 0 saturated carbocycles. The molecular weight excluding hydrogens is 210 g/mol. The smallest absolute Gasteiger partial charge is 0.358 e. The maximum Gasteiger partial charge on any atom is 0.358 e. The Morgan fingerprint density at radius 1 is 1.44 bits per heavy atom. The first-order valence-corrected chi connectivity index (χ1v) is 5.47. The Kier molecular flexibility index (Phi) is 4.91. The molecule has 6 heteroatoms. The van der Waals surface area contributed by atoms with E-state index in [2.05, 4.69) is 10.3 Å². The minimum absolute atomic E-state index is 0.0471. The molecule has 1 rings (SSSR count). The van der Waals surface area contributed by atoms with Gasteiger partial charge in [0.05, 0.1) is 5.69 Å². The lowest BCUT2D eigenvalue weighted by atomic mass is 10.2. The molecule has 0 fully saturated rings. The van der Waals surface area contributed by atoms with Crippen LogP contribution in [0.3, 0.4) is 0 Å². The Morgan fingerprint density at radius 3 is 2.75 bits per heavy atom. The van der Waals surface area contributed by atoms with Gasteiger partial charge in [-0.05, 0) is 19.3 Å². The van der Waals surface area contributed by atoms with Crippen molar-refractivity contribution in [2.24, 2.45) is 0 Å². The standard InChI is InChI=1S/C10H17N3O3/c1-2-5-8-9(10(15)16)11-12-13(8)6-3-4-7-14/h14H,2-7H2,1H3,(H,15,16). The van der Waals surface area contributed by atoms with Crippen LogP contribution in [0.2, 0.25) is 0 Å². The minimum atomic E-state index is -1.03. The molecule has 90 valence electrons. The third-order valence-electron chi connectivity index (χ3n) is 2.31. The van der Waals surface area contributed by atoms with Gasteiger partial charge in [-0.15, -0.1) is 5.10 Å². The molecule has 0 saturated heterocycles. The number of aromatic nitrogens is 3. The van der Waals surface area contributed by atoms with Crippen LogP contribution >= 0.6 is 0 Å². The van der Waals surface area contributed by atoms with Crippen molar-refractivity contribution in [3.63, 3.8) is 0 Å². The Labute approximate surface area is 93.9 Å². The van der Waals surface area contributed by atoms with Crippen LogP contribution in [0.1, 0.15) is 42.4 Å². The van der Waals surface area contributed by atoms with Crippen molar-refractivity contribution < 1.29 is 15.0 Å². The van der Waals surface area contributed by atoms with Crippen molar-refractivity contribution in [1.29, 1.82) is 0 Å². The zero-order chi connectivity index (χ0) is 12.0. The van der Waals surface area contributed by atoms with Crippen molar-refractivity contribution in [3.05, 3.63) is 11.4 Å². The molecule has 0 unspecified atom stereocenters. The molecule has 0 aliphatic rings. The number of unbranched alkanes of at least 4 members (excludes halogenated alkanes) is 1. The van der Waals surface area contributed by atoms with Gasteiger partial charge in [0, 0.05) is 13.2 Å². The van der Waals surface area contributed by atoms with Crippen LogP contribution in [-0.2, 0) is 13.0 Å². The average Bonchev–Trinajstić information content (AvgIpc) is 2.63. The predicted octanol–water partition coefficient (Wildman–Crippen LogP) is 0.701. The summed E-state index contributed by atoms with van der Waals surface area (Å²) in [6.45, 7) is 2.73. The van der Waals surface area contributed by atoms with E-state index >= 15 is 0 Å². The molecular formula is C10H17N3O3. The summed E-state index contributed by atoms with van der Waals surface area (Å²) < 4.78 is 1.63. The second-order valence-corrected chi connectivity index (χ2v) is 3.59. The maximum atomic E-state index is 10.9. The monoisotopic (exact) mass is 227 g/mol. The highest BCUT2D eigenvalue weighted by Crippen LogP contribution is 2.09. The molecule has 0 aromatic carbocycles. The zero-order valence-corrected chi connectivity index (χ0v) is 9.39. The fourth-order valence-electron chi connectivity index (χ4n) is 1.54. The topological polar surface area (TPSA) is 88.2 Å². The normalized spacial score (nSPS) is 10.6. The van der Waals surface area contributed by atoms with Gasteiger partial charge in [-0.3, -0.25) is 0 Å². The van der Waals surface area contributed by atoms with Gasteiger partial charge >= 0.3 is 5.97 Å². The molecule has 16 heavy (non-hydrogen) atoms. The van der Waals surface area contributed by atoms with E-state index in [0.717, 1.165) is 12.8 Å². The van der Waals surface area contributed by atoms with Crippen LogP contribution in [0.25, 0.3) is 0 Å². The zero-order valence-electron chi connectivity index (χ0n) is 9.39. The van der Waals surface area contributed by atoms with Gasteiger partial charge in [0.15, 0.2) is 5.69 Å². The van der Waals surface area contributed by atoms with E-state index in [1.165, 1.54) is 0 Å². The van der Waals surface area contributed by atoms with Crippen LogP contribution < -0.4 is 0 Å². The lowest BCUT2D eigenvalue weighted by Crippen LogP contribution is -2.09. The second kappa shape index (κ2) is 6.22. The first kappa shape index (κ1) is 12.6. The average molecular weight is 227 g/mol. The van der Waals surface area contributed by atoms with E-state index in [1.807, 2.05) is 6.92 Å².